The predicted molar refractivity (Wildman–Crippen MR) is 89.3 cm³/mol. The van der Waals surface area contributed by atoms with Gasteiger partial charge in [-0.15, -0.1) is 36.2 Å². The molecule has 0 saturated heterocycles. The van der Waals surface area contributed by atoms with Gasteiger partial charge >= 0.3 is 0 Å². The fraction of sp³-hybridized carbons (Fsp3) is 0.308. The Labute approximate surface area is 140 Å². The Kier molecular flexibility index (Phi) is 8.43. The summed E-state index contributed by atoms with van der Waals surface area (Å²) in [5.41, 5.74) is 7.75. The molecule has 2 rings (SSSR count). The van der Waals surface area contributed by atoms with E-state index in [1.54, 1.807) is 41.6 Å². The quantitative estimate of drug-likeness (QED) is 0.920. The topological polar surface area (TPSA) is 72.1 Å². The SMILES string of the molecule is Cc1nc(CN(C)C(=O)c2ccnc(CN)c2)cs1.Cl.Cl. The maximum atomic E-state index is 12.3. The molecule has 2 heterocycles. The lowest BCUT2D eigenvalue weighted by Gasteiger charge is -2.16. The zero-order valence-corrected chi connectivity index (χ0v) is 14.2. The molecule has 1 amide bonds. The van der Waals surface area contributed by atoms with Crippen LogP contribution < -0.4 is 5.73 Å². The number of hydrogen-bond acceptors (Lipinski definition) is 5. The highest BCUT2D eigenvalue weighted by atomic mass is 35.5. The fourth-order valence-corrected chi connectivity index (χ4v) is 2.34. The number of halogens is 2. The van der Waals surface area contributed by atoms with Crippen LogP contribution >= 0.6 is 36.2 Å². The summed E-state index contributed by atoms with van der Waals surface area (Å²) in [5.74, 6) is -0.0530. The van der Waals surface area contributed by atoms with E-state index in [9.17, 15) is 4.79 Å². The van der Waals surface area contributed by atoms with Crippen LogP contribution in [0.3, 0.4) is 0 Å². The number of carbonyl (C=O) groups is 1. The van der Waals surface area contributed by atoms with Crippen LogP contribution in [0.4, 0.5) is 0 Å². The van der Waals surface area contributed by atoms with Crippen LogP contribution in [-0.4, -0.2) is 27.8 Å². The Bertz CT molecular complexity index is 591. The molecule has 0 bridgehead atoms. The minimum Gasteiger partial charge on any atom is -0.336 e. The van der Waals surface area contributed by atoms with Crippen LogP contribution in [-0.2, 0) is 13.1 Å². The average molecular weight is 349 g/mol. The van der Waals surface area contributed by atoms with E-state index in [-0.39, 0.29) is 30.7 Å². The Balaban J connectivity index is 0.00000200. The van der Waals surface area contributed by atoms with Gasteiger partial charge in [-0.2, -0.15) is 0 Å². The van der Waals surface area contributed by atoms with Gasteiger partial charge in [-0.05, 0) is 19.1 Å². The van der Waals surface area contributed by atoms with Crippen molar-refractivity contribution in [2.24, 2.45) is 5.73 Å². The van der Waals surface area contributed by atoms with Crippen LogP contribution in [0.1, 0.15) is 26.8 Å². The number of nitrogens with zero attached hydrogens (tertiary/aromatic N) is 3. The smallest absolute Gasteiger partial charge is 0.254 e. The largest absolute Gasteiger partial charge is 0.336 e. The van der Waals surface area contributed by atoms with Gasteiger partial charge in [0.25, 0.3) is 5.91 Å². The molecular formula is C13H18Cl2N4OS. The summed E-state index contributed by atoms with van der Waals surface area (Å²) < 4.78 is 0. The first kappa shape index (κ1) is 19.8. The Morgan fingerprint density at radius 1 is 1.38 bits per heavy atom. The monoisotopic (exact) mass is 348 g/mol. The van der Waals surface area contributed by atoms with Gasteiger partial charge in [0.15, 0.2) is 0 Å². The van der Waals surface area contributed by atoms with Crippen LogP contribution in [0.2, 0.25) is 0 Å². The first-order chi connectivity index (χ1) is 9.10. The first-order valence-electron chi connectivity index (χ1n) is 5.91. The van der Waals surface area contributed by atoms with Crippen molar-refractivity contribution in [3.63, 3.8) is 0 Å². The van der Waals surface area contributed by atoms with Gasteiger partial charge in [-0.1, -0.05) is 0 Å². The molecule has 0 aliphatic rings. The predicted octanol–water partition coefficient (Wildman–Crippen LogP) is 2.42. The molecule has 2 aromatic heterocycles. The second kappa shape index (κ2) is 8.94. The van der Waals surface area contributed by atoms with E-state index in [1.165, 1.54) is 0 Å². The molecule has 0 aliphatic heterocycles. The van der Waals surface area contributed by atoms with Crippen LogP contribution in [0.15, 0.2) is 23.7 Å². The summed E-state index contributed by atoms with van der Waals surface area (Å²) in [6, 6.07) is 3.43. The molecule has 8 heteroatoms. The van der Waals surface area contributed by atoms with Gasteiger partial charge in [0.2, 0.25) is 0 Å². The zero-order valence-electron chi connectivity index (χ0n) is 11.8. The molecule has 0 aromatic carbocycles. The highest BCUT2D eigenvalue weighted by molar-refractivity contribution is 7.09. The van der Waals surface area contributed by atoms with Gasteiger partial charge in [0.1, 0.15) is 0 Å². The molecule has 0 atom stereocenters. The standard InChI is InChI=1S/C13H16N4OS.2ClH/c1-9-16-12(8-19-9)7-17(2)13(18)10-3-4-15-11(5-10)6-14;;/h3-5,8H,6-7,14H2,1-2H3;2*1H. The molecule has 0 fully saturated rings. The number of thiazole rings is 1. The summed E-state index contributed by atoms with van der Waals surface area (Å²) in [5, 5.41) is 2.97. The van der Waals surface area contributed by atoms with Crippen molar-refractivity contribution in [1.82, 2.24) is 14.9 Å². The van der Waals surface area contributed by atoms with E-state index >= 15 is 0 Å². The lowest BCUT2D eigenvalue weighted by Crippen LogP contribution is -2.26. The van der Waals surface area contributed by atoms with E-state index in [2.05, 4.69) is 9.97 Å². The van der Waals surface area contributed by atoms with Crippen LogP contribution in [0, 0.1) is 6.92 Å². The van der Waals surface area contributed by atoms with Gasteiger partial charge in [0.05, 0.1) is 22.9 Å². The molecule has 0 saturated carbocycles. The van der Waals surface area contributed by atoms with E-state index in [0.717, 1.165) is 10.7 Å². The molecule has 0 radical (unpaired) electrons. The number of aryl methyl sites for hydroxylation is 1. The number of pyridine rings is 1. The summed E-state index contributed by atoms with van der Waals surface area (Å²) in [4.78, 5) is 22.3. The molecular weight excluding hydrogens is 331 g/mol. The van der Waals surface area contributed by atoms with Gasteiger partial charge in [0, 0.05) is 30.7 Å². The molecule has 0 aliphatic carbocycles. The van der Waals surface area contributed by atoms with Crippen LogP contribution in [0.5, 0.6) is 0 Å². The van der Waals surface area contributed by atoms with Crippen molar-refractivity contribution in [3.8, 4) is 0 Å². The Morgan fingerprint density at radius 3 is 2.67 bits per heavy atom. The van der Waals surface area contributed by atoms with Crippen molar-refractivity contribution < 1.29 is 4.79 Å². The van der Waals surface area contributed by atoms with E-state index < -0.39 is 0 Å². The Morgan fingerprint density at radius 2 is 2.10 bits per heavy atom. The lowest BCUT2D eigenvalue weighted by molar-refractivity contribution is 0.0783. The highest BCUT2D eigenvalue weighted by Gasteiger charge is 2.13. The molecule has 2 N–H and O–H groups in total. The molecule has 2 aromatic rings. The zero-order chi connectivity index (χ0) is 13.8. The number of amides is 1. The van der Waals surface area contributed by atoms with Crippen molar-refractivity contribution in [2.75, 3.05) is 7.05 Å². The molecule has 21 heavy (non-hydrogen) atoms. The maximum absolute atomic E-state index is 12.3. The van der Waals surface area contributed by atoms with E-state index in [1.807, 2.05) is 12.3 Å². The van der Waals surface area contributed by atoms with Crippen molar-refractivity contribution in [2.45, 2.75) is 20.0 Å². The van der Waals surface area contributed by atoms with Gasteiger partial charge in [-0.3, -0.25) is 9.78 Å². The molecule has 116 valence electrons. The van der Waals surface area contributed by atoms with Crippen molar-refractivity contribution >= 4 is 42.1 Å². The third-order valence-electron chi connectivity index (χ3n) is 2.69. The minimum atomic E-state index is -0.0530. The van der Waals surface area contributed by atoms with Crippen molar-refractivity contribution in [3.05, 3.63) is 45.7 Å². The third kappa shape index (κ3) is 5.24. The summed E-state index contributed by atoms with van der Waals surface area (Å²) in [6.45, 7) is 2.78. The maximum Gasteiger partial charge on any atom is 0.254 e. The Hall–Kier alpha value is -1.21. The van der Waals surface area contributed by atoms with Crippen molar-refractivity contribution in [1.29, 1.82) is 0 Å². The number of aromatic nitrogens is 2. The number of carbonyl (C=O) groups excluding carboxylic acids is 1. The summed E-state index contributed by atoms with van der Waals surface area (Å²) in [7, 11) is 1.76. The lowest BCUT2D eigenvalue weighted by atomic mass is 10.2. The minimum absolute atomic E-state index is 0. The molecule has 0 spiro atoms. The van der Waals surface area contributed by atoms with Gasteiger partial charge in [-0.25, -0.2) is 4.98 Å². The average Bonchev–Trinajstić information content (AvgIpc) is 2.83. The number of rotatable bonds is 4. The summed E-state index contributed by atoms with van der Waals surface area (Å²) in [6.07, 6.45) is 1.61. The fourth-order valence-electron chi connectivity index (χ4n) is 1.74. The second-order valence-electron chi connectivity index (χ2n) is 4.26. The van der Waals surface area contributed by atoms with E-state index in [0.29, 0.717) is 24.3 Å². The normalized spacial score (nSPS) is 9.48. The highest BCUT2D eigenvalue weighted by Crippen LogP contribution is 2.12. The van der Waals surface area contributed by atoms with E-state index in [4.69, 9.17) is 5.73 Å². The first-order valence-corrected chi connectivity index (χ1v) is 6.79. The van der Waals surface area contributed by atoms with Crippen LogP contribution in [0.25, 0.3) is 0 Å². The summed E-state index contributed by atoms with van der Waals surface area (Å²) >= 11 is 1.58. The number of nitrogens with two attached hydrogens (primary N) is 1. The van der Waals surface area contributed by atoms with Gasteiger partial charge < -0.3 is 10.6 Å². The molecule has 0 unspecified atom stereocenters. The number of hydrogen-bond donors (Lipinski definition) is 1. The molecule has 5 nitrogen and oxygen atoms in total. The second-order valence-corrected chi connectivity index (χ2v) is 5.32. The third-order valence-corrected chi connectivity index (χ3v) is 3.51.